The molecule has 0 spiro atoms. The van der Waals surface area contributed by atoms with E-state index in [2.05, 4.69) is 15.8 Å². The lowest BCUT2D eigenvalue weighted by Gasteiger charge is -1.99. The number of carbonyl (C=O) groups excluding carboxylic acids is 1. The van der Waals surface area contributed by atoms with E-state index < -0.39 is 6.03 Å². The topological polar surface area (TPSA) is 67.2 Å². The van der Waals surface area contributed by atoms with Gasteiger partial charge in [-0.1, -0.05) is 17.3 Å². The minimum Gasteiger partial charge on any atom is -0.360 e. The van der Waals surface area contributed by atoms with Crippen LogP contribution in [-0.2, 0) is 0 Å². The lowest BCUT2D eigenvalue weighted by molar-refractivity contribution is 0.255. The molecule has 0 saturated heterocycles. The first-order valence-electron chi connectivity index (χ1n) is 5.56. The summed E-state index contributed by atoms with van der Waals surface area (Å²) in [4.78, 5) is 11.4. The smallest absolute Gasteiger partial charge is 0.324 e. The monoisotopic (exact) mass is 261 g/mol. The van der Waals surface area contributed by atoms with Gasteiger partial charge >= 0.3 is 6.03 Å². The van der Waals surface area contributed by atoms with E-state index in [-0.39, 0.29) is 5.82 Å². The second-order valence-electron chi connectivity index (χ2n) is 3.81. The minimum absolute atomic E-state index is 0.328. The number of carbonyl (C=O) groups is 1. The number of aromatic nitrogens is 1. The minimum atomic E-state index is -0.457. The molecule has 2 amide bonds. The van der Waals surface area contributed by atoms with E-state index in [1.807, 2.05) is 0 Å². The van der Waals surface area contributed by atoms with Crippen molar-refractivity contribution in [2.45, 2.75) is 6.92 Å². The van der Waals surface area contributed by atoms with Crippen LogP contribution in [0.2, 0.25) is 0 Å². The summed E-state index contributed by atoms with van der Waals surface area (Å²) >= 11 is 0. The molecule has 98 valence electrons. The maximum atomic E-state index is 12.9. The zero-order valence-corrected chi connectivity index (χ0v) is 10.2. The molecule has 0 bridgehead atoms. The van der Waals surface area contributed by atoms with Crippen molar-refractivity contribution in [3.63, 3.8) is 0 Å². The molecule has 0 radical (unpaired) electrons. The summed E-state index contributed by atoms with van der Waals surface area (Å²) in [7, 11) is 0. The van der Waals surface area contributed by atoms with Gasteiger partial charge < -0.3 is 9.84 Å². The molecule has 2 aromatic rings. The summed E-state index contributed by atoms with van der Waals surface area (Å²) in [6, 6.07) is 7.16. The van der Waals surface area contributed by atoms with E-state index >= 15 is 0 Å². The fourth-order valence-electron chi connectivity index (χ4n) is 1.40. The highest BCUT2D eigenvalue weighted by atomic mass is 19.1. The van der Waals surface area contributed by atoms with Crippen LogP contribution in [0.4, 0.5) is 15.0 Å². The van der Waals surface area contributed by atoms with Crippen molar-refractivity contribution in [2.24, 2.45) is 0 Å². The van der Waals surface area contributed by atoms with Gasteiger partial charge in [0.2, 0.25) is 0 Å². The molecule has 0 fully saturated rings. The quantitative estimate of drug-likeness (QED) is 0.892. The van der Waals surface area contributed by atoms with Crippen molar-refractivity contribution < 1.29 is 13.7 Å². The Hall–Kier alpha value is -2.63. The van der Waals surface area contributed by atoms with Crippen LogP contribution in [0.5, 0.6) is 0 Å². The van der Waals surface area contributed by atoms with Crippen LogP contribution in [0.15, 0.2) is 41.1 Å². The predicted octanol–water partition coefficient (Wildman–Crippen LogP) is 2.91. The largest absolute Gasteiger partial charge is 0.360 e. The molecule has 5 nitrogen and oxygen atoms in total. The number of rotatable bonds is 3. The van der Waals surface area contributed by atoms with Gasteiger partial charge in [0.1, 0.15) is 11.6 Å². The van der Waals surface area contributed by atoms with Crippen LogP contribution in [0, 0.1) is 12.7 Å². The Labute approximate surface area is 109 Å². The molecule has 0 atom stereocenters. The molecule has 6 heteroatoms. The van der Waals surface area contributed by atoms with E-state index in [9.17, 15) is 9.18 Å². The third kappa shape index (κ3) is 3.95. The number of amides is 2. The number of hydrogen-bond acceptors (Lipinski definition) is 3. The molecule has 1 heterocycles. The number of urea groups is 1. The molecule has 0 aliphatic rings. The van der Waals surface area contributed by atoms with Crippen molar-refractivity contribution in [2.75, 3.05) is 5.32 Å². The van der Waals surface area contributed by atoms with Gasteiger partial charge in [0.05, 0.1) is 0 Å². The Kier molecular flexibility index (Phi) is 3.92. The Balaban J connectivity index is 1.86. The Morgan fingerprint density at radius 1 is 1.42 bits per heavy atom. The maximum absolute atomic E-state index is 12.9. The number of nitrogens with zero attached hydrogens (tertiary/aromatic N) is 1. The molecular weight excluding hydrogens is 249 g/mol. The molecule has 1 aromatic carbocycles. The van der Waals surface area contributed by atoms with Crippen molar-refractivity contribution >= 4 is 17.9 Å². The molecule has 0 unspecified atom stereocenters. The van der Waals surface area contributed by atoms with Crippen molar-refractivity contribution in [3.8, 4) is 0 Å². The van der Waals surface area contributed by atoms with Gasteiger partial charge in [-0.2, -0.15) is 0 Å². The predicted molar refractivity (Wildman–Crippen MR) is 68.8 cm³/mol. The van der Waals surface area contributed by atoms with Crippen LogP contribution in [0.1, 0.15) is 11.3 Å². The zero-order chi connectivity index (χ0) is 13.7. The molecule has 2 rings (SSSR count). The number of anilines is 1. The Morgan fingerprint density at radius 2 is 2.26 bits per heavy atom. The Morgan fingerprint density at radius 3 is 2.95 bits per heavy atom. The summed E-state index contributed by atoms with van der Waals surface area (Å²) in [5.41, 5.74) is 0.651. The number of nitrogens with one attached hydrogen (secondary N) is 2. The van der Waals surface area contributed by atoms with Gasteiger partial charge in [-0.05, 0) is 30.7 Å². The fraction of sp³-hybridized carbons (Fsp3) is 0.0769. The molecule has 19 heavy (non-hydrogen) atoms. The second kappa shape index (κ2) is 5.81. The van der Waals surface area contributed by atoms with Crippen LogP contribution < -0.4 is 10.6 Å². The molecular formula is C13H12FN3O2. The molecule has 1 aromatic heterocycles. The van der Waals surface area contributed by atoms with Crippen LogP contribution >= 0.6 is 0 Å². The molecule has 0 aliphatic heterocycles. The zero-order valence-electron chi connectivity index (χ0n) is 10.2. The Bertz CT molecular complexity index is 607. The van der Waals surface area contributed by atoms with Gasteiger partial charge in [0.15, 0.2) is 5.82 Å². The average molecular weight is 261 g/mol. The van der Waals surface area contributed by atoms with Crippen LogP contribution in [-0.4, -0.2) is 11.2 Å². The standard InChI is InChI=1S/C13H12FN3O2/c1-9-7-12(17-19-9)16-13(18)15-6-5-10-3-2-4-11(14)8-10/h2-8H,1H3,(H2,15,16,17,18)/b6-5+. The highest BCUT2D eigenvalue weighted by molar-refractivity contribution is 5.89. The van der Waals surface area contributed by atoms with E-state index in [1.54, 1.807) is 31.2 Å². The third-order valence-electron chi connectivity index (χ3n) is 2.21. The highest BCUT2D eigenvalue weighted by Crippen LogP contribution is 2.07. The van der Waals surface area contributed by atoms with Gasteiger partial charge in [0, 0.05) is 12.3 Å². The maximum Gasteiger partial charge on any atom is 0.324 e. The van der Waals surface area contributed by atoms with Gasteiger partial charge in [-0.15, -0.1) is 0 Å². The SMILES string of the molecule is Cc1cc(NC(=O)N/C=C/c2cccc(F)c2)no1. The van der Waals surface area contributed by atoms with Crippen molar-refractivity contribution in [1.29, 1.82) is 0 Å². The number of halogens is 1. The van der Waals surface area contributed by atoms with Crippen LogP contribution in [0.25, 0.3) is 6.08 Å². The van der Waals surface area contributed by atoms with Crippen molar-refractivity contribution in [3.05, 3.63) is 53.7 Å². The lowest BCUT2D eigenvalue weighted by atomic mass is 10.2. The molecule has 0 saturated carbocycles. The lowest BCUT2D eigenvalue weighted by Crippen LogP contribution is -2.23. The van der Waals surface area contributed by atoms with E-state index in [4.69, 9.17) is 4.52 Å². The normalized spacial score (nSPS) is 10.6. The van der Waals surface area contributed by atoms with E-state index in [0.29, 0.717) is 17.1 Å². The number of benzene rings is 1. The molecule has 2 N–H and O–H groups in total. The first kappa shape index (κ1) is 12.8. The van der Waals surface area contributed by atoms with E-state index in [1.165, 1.54) is 18.3 Å². The summed E-state index contributed by atoms with van der Waals surface area (Å²) in [6.07, 6.45) is 2.99. The fourth-order valence-corrected chi connectivity index (χ4v) is 1.40. The number of aryl methyl sites for hydroxylation is 1. The summed E-state index contributed by atoms with van der Waals surface area (Å²) in [6.45, 7) is 1.72. The summed E-state index contributed by atoms with van der Waals surface area (Å²) in [5, 5.41) is 8.57. The van der Waals surface area contributed by atoms with Crippen LogP contribution in [0.3, 0.4) is 0 Å². The summed E-state index contributed by atoms with van der Waals surface area (Å²) < 4.78 is 17.7. The first-order valence-corrected chi connectivity index (χ1v) is 5.56. The summed E-state index contributed by atoms with van der Waals surface area (Å²) in [5.74, 6) is 0.601. The number of hydrogen-bond donors (Lipinski definition) is 2. The van der Waals surface area contributed by atoms with Gasteiger partial charge in [-0.3, -0.25) is 5.32 Å². The highest BCUT2D eigenvalue weighted by Gasteiger charge is 2.03. The van der Waals surface area contributed by atoms with E-state index in [0.717, 1.165) is 0 Å². The second-order valence-corrected chi connectivity index (χ2v) is 3.81. The van der Waals surface area contributed by atoms with Gasteiger partial charge in [0.25, 0.3) is 0 Å². The average Bonchev–Trinajstić information content (AvgIpc) is 2.75. The van der Waals surface area contributed by atoms with Gasteiger partial charge in [-0.25, -0.2) is 9.18 Å². The van der Waals surface area contributed by atoms with Crippen molar-refractivity contribution in [1.82, 2.24) is 10.5 Å². The third-order valence-corrected chi connectivity index (χ3v) is 2.21. The molecule has 0 aliphatic carbocycles. The first-order chi connectivity index (χ1) is 9.13.